The van der Waals surface area contributed by atoms with Gasteiger partial charge in [0.25, 0.3) is 5.56 Å². The molecule has 0 amide bonds. The minimum absolute atomic E-state index is 0.0512. The zero-order valence-corrected chi connectivity index (χ0v) is 21.3. The van der Waals surface area contributed by atoms with Gasteiger partial charge in [0.15, 0.2) is 5.82 Å². The smallest absolute Gasteiger partial charge is 0.252 e. The molecule has 1 saturated heterocycles. The Hall–Kier alpha value is -2.58. The van der Waals surface area contributed by atoms with Crippen molar-refractivity contribution in [2.75, 3.05) is 13.2 Å². The summed E-state index contributed by atoms with van der Waals surface area (Å²) < 4.78 is 7.98. The van der Waals surface area contributed by atoms with E-state index in [1.807, 2.05) is 22.9 Å². The molecule has 2 atom stereocenters. The van der Waals surface area contributed by atoms with Crippen LogP contribution in [0.15, 0.2) is 29.1 Å². The molecule has 1 aromatic carbocycles. The van der Waals surface area contributed by atoms with Crippen LogP contribution >= 0.6 is 0 Å². The molecule has 4 rings (SSSR count). The van der Waals surface area contributed by atoms with Crippen molar-refractivity contribution in [1.29, 1.82) is 0 Å². The number of H-pyrrole nitrogens is 1. The first-order valence-electron chi connectivity index (χ1n) is 12.5. The fourth-order valence-corrected chi connectivity index (χ4v) is 4.88. The Morgan fingerprint density at radius 1 is 1.29 bits per heavy atom. The van der Waals surface area contributed by atoms with Gasteiger partial charge in [0.2, 0.25) is 0 Å². The SMILES string of the molecule is CCC(C)(C)n1nnnc1[C@H](C(C)C)N(Cc1cc2cc(C)ccc2[nH]c1=O)C[C@@H]1CCCO1. The van der Waals surface area contributed by atoms with Crippen LogP contribution in [0.25, 0.3) is 10.9 Å². The predicted octanol–water partition coefficient (Wildman–Crippen LogP) is 4.35. The van der Waals surface area contributed by atoms with Gasteiger partial charge in [0.05, 0.1) is 17.7 Å². The largest absolute Gasteiger partial charge is 0.377 e. The average molecular weight is 467 g/mol. The minimum Gasteiger partial charge on any atom is -0.377 e. The van der Waals surface area contributed by atoms with Crippen molar-refractivity contribution in [3.63, 3.8) is 0 Å². The van der Waals surface area contributed by atoms with Crippen LogP contribution in [0.3, 0.4) is 0 Å². The fraction of sp³-hybridized carbons (Fsp3) is 0.615. The van der Waals surface area contributed by atoms with Crippen molar-refractivity contribution in [2.45, 2.75) is 85.0 Å². The molecule has 8 nitrogen and oxygen atoms in total. The van der Waals surface area contributed by atoms with E-state index in [0.29, 0.717) is 6.54 Å². The van der Waals surface area contributed by atoms with Gasteiger partial charge in [0, 0.05) is 30.8 Å². The maximum Gasteiger partial charge on any atom is 0.252 e. The molecule has 1 fully saturated rings. The van der Waals surface area contributed by atoms with Crippen molar-refractivity contribution in [1.82, 2.24) is 30.1 Å². The van der Waals surface area contributed by atoms with Crippen LogP contribution in [-0.2, 0) is 16.8 Å². The molecule has 3 heterocycles. The molecule has 184 valence electrons. The summed E-state index contributed by atoms with van der Waals surface area (Å²) in [5.74, 6) is 1.08. The Kier molecular flexibility index (Phi) is 7.19. The Morgan fingerprint density at radius 2 is 2.09 bits per heavy atom. The first kappa shape index (κ1) is 24.5. The van der Waals surface area contributed by atoms with Gasteiger partial charge >= 0.3 is 0 Å². The molecule has 1 aliphatic rings. The highest BCUT2D eigenvalue weighted by Gasteiger charge is 2.35. The molecule has 0 aliphatic carbocycles. The van der Waals surface area contributed by atoms with Crippen LogP contribution in [0.4, 0.5) is 0 Å². The Bertz CT molecular complexity index is 1180. The lowest BCUT2D eigenvalue weighted by molar-refractivity contribution is 0.0368. The number of aromatic nitrogens is 5. The summed E-state index contributed by atoms with van der Waals surface area (Å²) in [4.78, 5) is 18.5. The highest BCUT2D eigenvalue weighted by molar-refractivity contribution is 5.79. The van der Waals surface area contributed by atoms with Crippen LogP contribution in [0, 0.1) is 12.8 Å². The van der Waals surface area contributed by atoms with Crippen molar-refractivity contribution < 1.29 is 4.74 Å². The van der Waals surface area contributed by atoms with Gasteiger partial charge < -0.3 is 9.72 Å². The van der Waals surface area contributed by atoms with E-state index in [-0.39, 0.29) is 29.2 Å². The van der Waals surface area contributed by atoms with E-state index in [0.717, 1.165) is 54.7 Å². The molecule has 3 aromatic rings. The van der Waals surface area contributed by atoms with Crippen LogP contribution in [-0.4, -0.2) is 49.3 Å². The van der Waals surface area contributed by atoms with E-state index in [2.05, 4.69) is 73.0 Å². The van der Waals surface area contributed by atoms with Gasteiger partial charge in [-0.25, -0.2) is 4.68 Å². The summed E-state index contributed by atoms with van der Waals surface area (Å²) in [5, 5.41) is 14.0. The van der Waals surface area contributed by atoms with E-state index in [1.165, 1.54) is 5.56 Å². The molecule has 0 spiro atoms. The molecule has 8 heteroatoms. The van der Waals surface area contributed by atoms with Crippen LogP contribution in [0.1, 0.15) is 76.9 Å². The molecule has 1 aliphatic heterocycles. The number of benzene rings is 1. The van der Waals surface area contributed by atoms with Gasteiger partial charge in [-0.05, 0) is 80.0 Å². The predicted molar refractivity (Wildman–Crippen MR) is 134 cm³/mol. The molecule has 0 radical (unpaired) electrons. The summed E-state index contributed by atoms with van der Waals surface area (Å²) in [7, 11) is 0. The number of hydrogen-bond donors (Lipinski definition) is 1. The van der Waals surface area contributed by atoms with Gasteiger partial charge in [-0.2, -0.15) is 0 Å². The van der Waals surface area contributed by atoms with Crippen LogP contribution in [0.2, 0.25) is 0 Å². The van der Waals surface area contributed by atoms with Crippen molar-refractivity contribution in [3.05, 3.63) is 51.6 Å². The number of ether oxygens (including phenoxy) is 1. The number of hydrogen-bond acceptors (Lipinski definition) is 6. The third kappa shape index (κ3) is 5.08. The standard InChI is InChI=1S/C26H38N6O2/c1-7-26(5,6)32-24(28-29-30-32)23(17(2)3)31(16-21-9-8-12-34-21)15-20-14-19-13-18(4)10-11-22(19)27-25(20)33/h10-11,13-14,17,21,23H,7-9,12,15-16H2,1-6H3,(H,27,33)/t21-,23-/m0/s1. The van der Waals surface area contributed by atoms with Gasteiger partial charge in [-0.1, -0.05) is 32.4 Å². The van der Waals surface area contributed by atoms with E-state index < -0.39 is 0 Å². The molecule has 2 aromatic heterocycles. The normalized spacial score (nSPS) is 17.8. The highest BCUT2D eigenvalue weighted by atomic mass is 16.5. The molecule has 0 saturated carbocycles. The van der Waals surface area contributed by atoms with Crippen molar-refractivity contribution in [2.24, 2.45) is 5.92 Å². The second-order valence-electron chi connectivity index (χ2n) is 10.6. The van der Waals surface area contributed by atoms with Crippen molar-refractivity contribution in [3.8, 4) is 0 Å². The van der Waals surface area contributed by atoms with Gasteiger partial charge in [-0.15, -0.1) is 5.10 Å². The fourth-order valence-electron chi connectivity index (χ4n) is 4.88. The third-order valence-electron chi connectivity index (χ3n) is 7.13. The third-order valence-corrected chi connectivity index (χ3v) is 7.13. The lowest BCUT2D eigenvalue weighted by Gasteiger charge is -2.36. The second-order valence-corrected chi connectivity index (χ2v) is 10.6. The summed E-state index contributed by atoms with van der Waals surface area (Å²) in [6.07, 6.45) is 3.15. The first-order chi connectivity index (χ1) is 16.2. The molecule has 34 heavy (non-hydrogen) atoms. The van der Waals surface area contributed by atoms with Gasteiger partial charge in [0.1, 0.15) is 0 Å². The Balaban J connectivity index is 1.76. The summed E-state index contributed by atoms with van der Waals surface area (Å²) in [6, 6.07) is 8.07. The Labute approximate surface area is 201 Å². The number of aryl methyl sites for hydroxylation is 1. The molecule has 0 bridgehead atoms. The van der Waals surface area contributed by atoms with Crippen molar-refractivity contribution >= 4 is 10.9 Å². The second kappa shape index (κ2) is 9.96. The lowest BCUT2D eigenvalue weighted by Crippen LogP contribution is -2.41. The molecule has 1 N–H and O–H groups in total. The van der Waals surface area contributed by atoms with E-state index >= 15 is 0 Å². The molecular weight excluding hydrogens is 428 g/mol. The molecular formula is C26H38N6O2. The first-order valence-corrected chi connectivity index (χ1v) is 12.5. The maximum absolute atomic E-state index is 13.1. The number of nitrogens with one attached hydrogen (secondary N) is 1. The van der Waals surface area contributed by atoms with E-state index in [4.69, 9.17) is 4.74 Å². The average Bonchev–Trinajstić information content (AvgIpc) is 3.47. The van der Waals surface area contributed by atoms with Gasteiger partial charge in [-0.3, -0.25) is 9.69 Å². The van der Waals surface area contributed by atoms with Crippen LogP contribution < -0.4 is 5.56 Å². The minimum atomic E-state index is -0.209. The summed E-state index contributed by atoms with van der Waals surface area (Å²) >= 11 is 0. The Morgan fingerprint density at radius 3 is 2.76 bits per heavy atom. The zero-order valence-electron chi connectivity index (χ0n) is 21.3. The topological polar surface area (TPSA) is 88.9 Å². The summed E-state index contributed by atoms with van der Waals surface area (Å²) in [5.41, 5.74) is 2.52. The van der Waals surface area contributed by atoms with E-state index in [9.17, 15) is 4.79 Å². The zero-order chi connectivity index (χ0) is 24.5. The van der Waals surface area contributed by atoms with E-state index in [1.54, 1.807) is 0 Å². The monoisotopic (exact) mass is 466 g/mol. The lowest BCUT2D eigenvalue weighted by atomic mass is 9.97. The number of pyridine rings is 1. The highest BCUT2D eigenvalue weighted by Crippen LogP contribution is 2.33. The maximum atomic E-state index is 13.1. The summed E-state index contributed by atoms with van der Waals surface area (Å²) in [6.45, 7) is 14.9. The number of nitrogens with zero attached hydrogens (tertiary/aromatic N) is 5. The number of tetrazole rings is 1. The number of rotatable bonds is 9. The van der Waals surface area contributed by atoms with Crippen LogP contribution in [0.5, 0.6) is 0 Å². The number of aromatic amines is 1. The quantitative estimate of drug-likeness (QED) is 0.504. The number of fused-ring (bicyclic) bond motifs is 1. The molecule has 0 unspecified atom stereocenters.